The summed E-state index contributed by atoms with van der Waals surface area (Å²) in [6, 6.07) is 0. The summed E-state index contributed by atoms with van der Waals surface area (Å²) in [6.45, 7) is 16.1. The van der Waals surface area contributed by atoms with Crippen molar-refractivity contribution in [2.75, 3.05) is 39.3 Å². The smallest absolute Gasteiger partial charge is 0.407 e. The lowest BCUT2D eigenvalue weighted by Gasteiger charge is -2.21. The highest BCUT2D eigenvalue weighted by molar-refractivity contribution is 5.67. The molecular weight excluding hydrogens is 266 g/mol. The van der Waals surface area contributed by atoms with E-state index >= 15 is 0 Å². The predicted molar refractivity (Wildman–Crippen MR) is 86.5 cm³/mol. The summed E-state index contributed by atoms with van der Waals surface area (Å²) in [7, 11) is 0. The van der Waals surface area contributed by atoms with Gasteiger partial charge in [0.2, 0.25) is 0 Å². The average molecular weight is 299 g/mol. The fraction of sp³-hybridized carbons (Fsp3) is 0.938. The molecule has 1 atom stereocenters. The molecule has 1 amide bonds. The van der Waals surface area contributed by atoms with E-state index in [9.17, 15) is 4.79 Å². The van der Waals surface area contributed by atoms with Crippen LogP contribution in [-0.4, -0.2) is 55.9 Å². The summed E-state index contributed by atoms with van der Waals surface area (Å²) in [6.07, 6.45) is 0.925. The molecule has 1 unspecified atom stereocenters. The topological polar surface area (TPSA) is 53.6 Å². The third-order valence-electron chi connectivity index (χ3n) is 3.45. The van der Waals surface area contributed by atoms with E-state index in [1.54, 1.807) is 0 Å². The maximum atomic E-state index is 11.5. The number of amides is 1. The van der Waals surface area contributed by atoms with Crippen molar-refractivity contribution in [2.24, 2.45) is 11.8 Å². The minimum Gasteiger partial charge on any atom is -0.444 e. The van der Waals surface area contributed by atoms with E-state index in [1.165, 1.54) is 6.42 Å². The summed E-state index contributed by atoms with van der Waals surface area (Å²) >= 11 is 0. The second-order valence-electron chi connectivity index (χ2n) is 7.44. The van der Waals surface area contributed by atoms with Crippen LogP contribution in [0, 0.1) is 11.8 Å². The van der Waals surface area contributed by atoms with Crippen LogP contribution in [0.1, 0.15) is 41.0 Å². The zero-order chi connectivity index (χ0) is 15.9. The summed E-state index contributed by atoms with van der Waals surface area (Å²) in [5.41, 5.74) is -0.426. The van der Waals surface area contributed by atoms with Gasteiger partial charge in [-0.05, 0) is 58.7 Å². The highest BCUT2D eigenvalue weighted by Gasteiger charge is 2.22. The van der Waals surface area contributed by atoms with E-state index < -0.39 is 5.60 Å². The Morgan fingerprint density at radius 3 is 2.71 bits per heavy atom. The molecule has 0 spiro atoms. The number of carbonyl (C=O) groups excluding carboxylic acids is 1. The number of carbonyl (C=O) groups is 1. The molecule has 0 saturated carbocycles. The number of ether oxygens (including phenoxy) is 1. The largest absolute Gasteiger partial charge is 0.444 e. The zero-order valence-electron chi connectivity index (χ0n) is 14.4. The molecule has 1 heterocycles. The molecule has 0 aromatic heterocycles. The van der Waals surface area contributed by atoms with Crippen molar-refractivity contribution in [3.63, 3.8) is 0 Å². The van der Waals surface area contributed by atoms with Crippen molar-refractivity contribution < 1.29 is 9.53 Å². The van der Waals surface area contributed by atoms with E-state index in [-0.39, 0.29) is 6.09 Å². The molecular formula is C16H33N3O2. The van der Waals surface area contributed by atoms with Crippen LogP contribution < -0.4 is 10.6 Å². The minimum atomic E-state index is -0.426. The van der Waals surface area contributed by atoms with Gasteiger partial charge in [0.25, 0.3) is 0 Å². The van der Waals surface area contributed by atoms with Crippen molar-refractivity contribution in [1.82, 2.24) is 15.5 Å². The van der Waals surface area contributed by atoms with Crippen molar-refractivity contribution in [1.29, 1.82) is 0 Å². The Hall–Kier alpha value is -0.810. The number of likely N-dealkylation sites (tertiary alicyclic amines) is 1. The summed E-state index contributed by atoms with van der Waals surface area (Å²) in [4.78, 5) is 14.0. The van der Waals surface area contributed by atoms with Gasteiger partial charge in [-0.1, -0.05) is 13.8 Å². The highest BCUT2D eigenvalue weighted by Crippen LogP contribution is 2.14. The van der Waals surface area contributed by atoms with Crippen molar-refractivity contribution in [3.8, 4) is 0 Å². The second-order valence-corrected chi connectivity index (χ2v) is 7.44. The first kappa shape index (κ1) is 18.2. The predicted octanol–water partition coefficient (Wildman–Crippen LogP) is 2.08. The first-order chi connectivity index (χ1) is 9.76. The first-order valence-electron chi connectivity index (χ1n) is 8.16. The van der Waals surface area contributed by atoms with Gasteiger partial charge in [0, 0.05) is 19.6 Å². The minimum absolute atomic E-state index is 0.322. The van der Waals surface area contributed by atoms with E-state index in [0.29, 0.717) is 12.5 Å². The lowest BCUT2D eigenvalue weighted by molar-refractivity contribution is 0.0523. The number of rotatable bonds is 7. The summed E-state index contributed by atoms with van der Waals surface area (Å²) in [5.74, 6) is 1.45. The van der Waals surface area contributed by atoms with Gasteiger partial charge < -0.3 is 20.3 Å². The number of alkyl carbamates (subject to hydrolysis) is 1. The number of nitrogens with one attached hydrogen (secondary N) is 2. The van der Waals surface area contributed by atoms with Gasteiger partial charge in [-0.25, -0.2) is 4.79 Å². The molecule has 21 heavy (non-hydrogen) atoms. The maximum Gasteiger partial charge on any atom is 0.407 e. The van der Waals surface area contributed by atoms with Gasteiger partial charge in [-0.2, -0.15) is 0 Å². The Kier molecular flexibility index (Phi) is 7.46. The van der Waals surface area contributed by atoms with Crippen LogP contribution in [0.4, 0.5) is 4.79 Å². The van der Waals surface area contributed by atoms with Crippen molar-refractivity contribution in [2.45, 2.75) is 46.6 Å². The molecule has 1 aliphatic rings. The molecule has 0 aromatic rings. The van der Waals surface area contributed by atoms with E-state index in [1.807, 2.05) is 20.8 Å². The average Bonchev–Trinajstić information content (AvgIpc) is 2.74. The van der Waals surface area contributed by atoms with Crippen LogP contribution in [0.3, 0.4) is 0 Å². The van der Waals surface area contributed by atoms with Gasteiger partial charge in [0.15, 0.2) is 0 Å². The lowest BCUT2D eigenvalue weighted by Crippen LogP contribution is -2.37. The van der Waals surface area contributed by atoms with E-state index in [2.05, 4.69) is 29.4 Å². The molecule has 5 heteroatoms. The van der Waals surface area contributed by atoms with Gasteiger partial charge in [-0.3, -0.25) is 0 Å². The number of nitrogens with zero attached hydrogens (tertiary/aromatic N) is 1. The third-order valence-corrected chi connectivity index (χ3v) is 3.45. The highest BCUT2D eigenvalue weighted by atomic mass is 16.6. The molecule has 1 rings (SSSR count). The molecule has 5 nitrogen and oxygen atoms in total. The zero-order valence-corrected chi connectivity index (χ0v) is 14.4. The summed E-state index contributed by atoms with van der Waals surface area (Å²) < 4.78 is 5.22. The van der Waals surface area contributed by atoms with E-state index in [4.69, 9.17) is 4.74 Å². The summed E-state index contributed by atoms with van der Waals surface area (Å²) in [5, 5.41) is 6.35. The monoisotopic (exact) mass is 299 g/mol. The first-order valence-corrected chi connectivity index (χ1v) is 8.16. The van der Waals surface area contributed by atoms with Crippen molar-refractivity contribution >= 4 is 6.09 Å². The normalized spacial score (nSPS) is 20.0. The van der Waals surface area contributed by atoms with Crippen LogP contribution in [0.15, 0.2) is 0 Å². The van der Waals surface area contributed by atoms with Crippen LogP contribution >= 0.6 is 0 Å². The number of hydrogen-bond acceptors (Lipinski definition) is 4. The van der Waals surface area contributed by atoms with Gasteiger partial charge in [-0.15, -0.1) is 0 Å². The molecule has 124 valence electrons. The lowest BCUT2D eigenvalue weighted by atomic mass is 10.1. The Labute approximate surface area is 129 Å². The fourth-order valence-corrected chi connectivity index (χ4v) is 2.49. The van der Waals surface area contributed by atoms with Crippen LogP contribution in [0.2, 0.25) is 0 Å². The Morgan fingerprint density at radius 1 is 1.38 bits per heavy atom. The Balaban J connectivity index is 2.08. The quantitative estimate of drug-likeness (QED) is 0.756. The Bertz CT molecular complexity index is 313. The SMILES string of the molecule is CC(C)CNCC1CCN(CCNC(=O)OC(C)(C)C)C1. The molecule has 0 bridgehead atoms. The molecule has 0 aromatic carbocycles. The van der Waals surface area contributed by atoms with Crippen LogP contribution in [0.5, 0.6) is 0 Å². The fourth-order valence-electron chi connectivity index (χ4n) is 2.49. The number of hydrogen-bond donors (Lipinski definition) is 2. The molecule has 1 aliphatic heterocycles. The van der Waals surface area contributed by atoms with Gasteiger partial charge in [0.05, 0.1) is 0 Å². The molecule has 2 N–H and O–H groups in total. The molecule has 0 radical (unpaired) electrons. The van der Waals surface area contributed by atoms with Crippen LogP contribution in [0.25, 0.3) is 0 Å². The third kappa shape index (κ3) is 8.94. The second kappa shape index (κ2) is 8.59. The van der Waals surface area contributed by atoms with E-state index in [0.717, 1.165) is 38.6 Å². The molecule has 1 fully saturated rings. The standard InChI is InChI=1S/C16H33N3O2/c1-13(2)10-17-11-14-6-8-19(12-14)9-7-18-15(20)21-16(3,4)5/h13-14,17H,6-12H2,1-5H3,(H,18,20). The van der Waals surface area contributed by atoms with Gasteiger partial charge in [0.1, 0.15) is 5.60 Å². The van der Waals surface area contributed by atoms with Crippen LogP contribution in [-0.2, 0) is 4.74 Å². The molecule has 0 aliphatic carbocycles. The van der Waals surface area contributed by atoms with Crippen molar-refractivity contribution in [3.05, 3.63) is 0 Å². The molecule has 1 saturated heterocycles. The Morgan fingerprint density at radius 2 is 2.10 bits per heavy atom. The van der Waals surface area contributed by atoms with Gasteiger partial charge >= 0.3 is 6.09 Å². The maximum absolute atomic E-state index is 11.5.